The molecule has 1 aliphatic rings. The predicted molar refractivity (Wildman–Crippen MR) is 84.2 cm³/mol. The minimum absolute atomic E-state index is 0.0568. The van der Waals surface area contributed by atoms with Crippen LogP contribution in [0.25, 0.3) is 0 Å². The third-order valence-corrected chi connectivity index (χ3v) is 3.98. The van der Waals surface area contributed by atoms with E-state index in [0.29, 0.717) is 11.3 Å². The molecule has 1 aliphatic heterocycles. The molecule has 0 saturated carbocycles. The Labute approximate surface area is 125 Å². The van der Waals surface area contributed by atoms with Crippen LogP contribution in [0.15, 0.2) is 36.9 Å². The summed E-state index contributed by atoms with van der Waals surface area (Å²) in [4.78, 5) is 25.8. The van der Waals surface area contributed by atoms with E-state index in [4.69, 9.17) is 0 Å². The molecule has 0 spiro atoms. The van der Waals surface area contributed by atoms with Gasteiger partial charge in [0, 0.05) is 23.3 Å². The zero-order chi connectivity index (χ0) is 15.5. The van der Waals surface area contributed by atoms with Gasteiger partial charge >= 0.3 is 0 Å². The van der Waals surface area contributed by atoms with Crippen LogP contribution < -0.4 is 5.32 Å². The summed E-state index contributed by atoms with van der Waals surface area (Å²) in [6.45, 7) is 8.44. The van der Waals surface area contributed by atoms with E-state index in [2.05, 4.69) is 25.7 Å². The third-order valence-electron chi connectivity index (χ3n) is 3.98. The average molecular weight is 286 g/mol. The van der Waals surface area contributed by atoms with E-state index in [-0.39, 0.29) is 17.4 Å². The van der Waals surface area contributed by atoms with Crippen LogP contribution in [-0.2, 0) is 4.79 Å². The second-order valence-electron chi connectivity index (χ2n) is 6.00. The van der Waals surface area contributed by atoms with Crippen LogP contribution in [0.1, 0.15) is 43.5 Å². The molecule has 1 N–H and O–H groups in total. The fourth-order valence-electron chi connectivity index (χ4n) is 2.69. The number of amides is 2. The molecule has 1 saturated heterocycles. The van der Waals surface area contributed by atoms with Gasteiger partial charge in [0.1, 0.15) is 0 Å². The molecule has 1 heterocycles. The Bertz CT molecular complexity index is 546. The number of likely N-dealkylation sites (tertiary alicyclic amines) is 1. The molecule has 0 aliphatic carbocycles. The molecule has 0 unspecified atom stereocenters. The number of carbonyl (C=O) groups is 2. The second kappa shape index (κ2) is 6.12. The minimum atomic E-state index is -0.258. The van der Waals surface area contributed by atoms with Crippen LogP contribution in [-0.4, -0.2) is 28.8 Å². The first kappa shape index (κ1) is 15.3. The van der Waals surface area contributed by atoms with Gasteiger partial charge in [-0.25, -0.2) is 0 Å². The molecule has 2 rings (SSSR count). The Balaban J connectivity index is 2.12. The molecule has 0 atom stereocenters. The van der Waals surface area contributed by atoms with Crippen LogP contribution in [0.3, 0.4) is 0 Å². The summed E-state index contributed by atoms with van der Waals surface area (Å²) in [7, 11) is 0. The lowest BCUT2D eigenvalue weighted by molar-refractivity contribution is -0.111. The predicted octanol–water partition coefficient (Wildman–Crippen LogP) is 3.22. The summed E-state index contributed by atoms with van der Waals surface area (Å²) < 4.78 is 0. The van der Waals surface area contributed by atoms with Crippen LogP contribution in [0.2, 0.25) is 0 Å². The number of nitrogens with zero attached hydrogens (tertiary/aromatic N) is 1. The summed E-state index contributed by atoms with van der Waals surface area (Å²) in [5.74, 6) is -0.201. The Morgan fingerprint density at radius 1 is 1.24 bits per heavy atom. The number of carbonyl (C=O) groups excluding carboxylic acids is 2. The first-order valence-electron chi connectivity index (χ1n) is 7.29. The van der Waals surface area contributed by atoms with Crippen molar-refractivity contribution in [3.8, 4) is 0 Å². The zero-order valence-electron chi connectivity index (χ0n) is 12.7. The Kier molecular flexibility index (Phi) is 4.46. The molecule has 1 fully saturated rings. The lowest BCUT2D eigenvalue weighted by Crippen LogP contribution is -2.50. The average Bonchev–Trinajstić information content (AvgIpc) is 2.47. The van der Waals surface area contributed by atoms with Gasteiger partial charge in [-0.3, -0.25) is 9.59 Å². The van der Waals surface area contributed by atoms with Crippen molar-refractivity contribution in [2.24, 2.45) is 0 Å². The van der Waals surface area contributed by atoms with Crippen molar-refractivity contribution in [1.29, 1.82) is 0 Å². The van der Waals surface area contributed by atoms with Gasteiger partial charge in [-0.15, -0.1) is 0 Å². The highest BCUT2D eigenvalue weighted by Crippen LogP contribution is 2.29. The standard InChI is InChI=1S/C17H22N2O2/c1-4-15(20)18-14-9-7-13(8-10-14)16(21)19-12-6-5-11-17(19,2)3/h4,7-10H,1,5-6,11-12H2,2-3H3,(H,18,20). The van der Waals surface area contributed by atoms with Crippen molar-refractivity contribution in [2.45, 2.75) is 38.6 Å². The third kappa shape index (κ3) is 3.51. The number of benzene rings is 1. The normalized spacial score (nSPS) is 17.1. The van der Waals surface area contributed by atoms with Crippen molar-refractivity contribution >= 4 is 17.5 Å². The molecule has 4 heteroatoms. The molecule has 2 amide bonds. The first-order valence-corrected chi connectivity index (χ1v) is 7.29. The van der Waals surface area contributed by atoms with Gasteiger partial charge in [-0.2, -0.15) is 0 Å². The molecule has 4 nitrogen and oxygen atoms in total. The Morgan fingerprint density at radius 2 is 1.90 bits per heavy atom. The van der Waals surface area contributed by atoms with Gasteiger partial charge in [-0.05, 0) is 63.5 Å². The maximum absolute atomic E-state index is 12.6. The SMILES string of the molecule is C=CC(=O)Nc1ccc(C(=O)N2CCCCC2(C)C)cc1. The van der Waals surface area contributed by atoms with E-state index in [1.54, 1.807) is 24.3 Å². The van der Waals surface area contributed by atoms with Crippen LogP contribution in [0, 0.1) is 0 Å². The smallest absolute Gasteiger partial charge is 0.254 e. The van der Waals surface area contributed by atoms with Gasteiger partial charge in [0.05, 0.1) is 0 Å². The van der Waals surface area contributed by atoms with Crippen LogP contribution in [0.4, 0.5) is 5.69 Å². The minimum Gasteiger partial charge on any atom is -0.334 e. The van der Waals surface area contributed by atoms with Gasteiger partial charge < -0.3 is 10.2 Å². The molecule has 21 heavy (non-hydrogen) atoms. The number of hydrogen-bond acceptors (Lipinski definition) is 2. The van der Waals surface area contributed by atoms with E-state index in [1.165, 1.54) is 12.5 Å². The van der Waals surface area contributed by atoms with Gasteiger partial charge in [0.2, 0.25) is 5.91 Å². The highest BCUT2D eigenvalue weighted by Gasteiger charge is 2.33. The lowest BCUT2D eigenvalue weighted by Gasteiger charge is -2.42. The zero-order valence-corrected chi connectivity index (χ0v) is 12.7. The highest BCUT2D eigenvalue weighted by atomic mass is 16.2. The summed E-state index contributed by atoms with van der Waals surface area (Å²) in [5.41, 5.74) is 1.22. The summed E-state index contributed by atoms with van der Waals surface area (Å²) in [5, 5.41) is 2.67. The fraction of sp³-hybridized carbons (Fsp3) is 0.412. The second-order valence-corrected chi connectivity index (χ2v) is 6.00. The molecular weight excluding hydrogens is 264 g/mol. The van der Waals surface area contributed by atoms with Crippen molar-refractivity contribution in [3.05, 3.63) is 42.5 Å². The van der Waals surface area contributed by atoms with Crippen LogP contribution >= 0.6 is 0 Å². The molecule has 1 aromatic carbocycles. The summed E-state index contributed by atoms with van der Waals surface area (Å²) in [6.07, 6.45) is 4.48. The highest BCUT2D eigenvalue weighted by molar-refractivity contribution is 5.99. The van der Waals surface area contributed by atoms with E-state index >= 15 is 0 Å². The Hall–Kier alpha value is -2.10. The van der Waals surface area contributed by atoms with Crippen molar-refractivity contribution in [1.82, 2.24) is 4.90 Å². The molecule has 1 aromatic rings. The number of hydrogen-bond donors (Lipinski definition) is 1. The summed E-state index contributed by atoms with van der Waals surface area (Å²) >= 11 is 0. The van der Waals surface area contributed by atoms with E-state index < -0.39 is 0 Å². The molecule has 0 aromatic heterocycles. The molecule has 0 radical (unpaired) electrons. The van der Waals surface area contributed by atoms with E-state index in [9.17, 15) is 9.59 Å². The lowest BCUT2D eigenvalue weighted by atomic mass is 9.90. The Morgan fingerprint density at radius 3 is 2.48 bits per heavy atom. The molecule has 0 bridgehead atoms. The molecular formula is C17H22N2O2. The van der Waals surface area contributed by atoms with Gasteiger partial charge in [-0.1, -0.05) is 6.58 Å². The number of piperidine rings is 1. The molecule has 112 valence electrons. The first-order chi connectivity index (χ1) is 9.94. The largest absolute Gasteiger partial charge is 0.334 e. The number of anilines is 1. The van der Waals surface area contributed by atoms with Crippen molar-refractivity contribution < 1.29 is 9.59 Å². The van der Waals surface area contributed by atoms with Gasteiger partial charge in [0.15, 0.2) is 0 Å². The quantitative estimate of drug-likeness (QED) is 0.867. The number of nitrogens with one attached hydrogen (secondary N) is 1. The van der Waals surface area contributed by atoms with E-state index in [1.807, 2.05) is 4.90 Å². The van der Waals surface area contributed by atoms with Crippen molar-refractivity contribution in [3.63, 3.8) is 0 Å². The fourth-order valence-corrected chi connectivity index (χ4v) is 2.69. The maximum atomic E-state index is 12.6. The monoisotopic (exact) mass is 286 g/mol. The topological polar surface area (TPSA) is 49.4 Å². The summed E-state index contributed by atoms with van der Waals surface area (Å²) in [6, 6.07) is 6.99. The number of rotatable bonds is 3. The van der Waals surface area contributed by atoms with Crippen molar-refractivity contribution in [2.75, 3.05) is 11.9 Å². The van der Waals surface area contributed by atoms with Gasteiger partial charge in [0.25, 0.3) is 5.91 Å². The maximum Gasteiger partial charge on any atom is 0.254 e. The van der Waals surface area contributed by atoms with Crippen LogP contribution in [0.5, 0.6) is 0 Å². The van der Waals surface area contributed by atoms with E-state index in [0.717, 1.165) is 19.4 Å².